The van der Waals surface area contributed by atoms with Crippen molar-refractivity contribution in [1.82, 2.24) is 9.55 Å². The fraction of sp³-hybridized carbons (Fsp3) is 0.167. The first kappa shape index (κ1) is 10.4. The summed E-state index contributed by atoms with van der Waals surface area (Å²) in [5.74, 6) is 0.0185. The van der Waals surface area contributed by atoms with Crippen LogP contribution in [-0.4, -0.2) is 20.6 Å². The number of aromatic carboxylic acids is 1. The molecule has 0 spiro atoms. The quantitative estimate of drug-likeness (QED) is 0.853. The topological polar surface area (TPSA) is 55.1 Å². The molecule has 0 atom stereocenters. The van der Waals surface area contributed by atoms with Gasteiger partial charge in [-0.2, -0.15) is 0 Å². The van der Waals surface area contributed by atoms with Crippen molar-refractivity contribution in [2.75, 3.05) is 0 Å². The fourth-order valence-corrected chi connectivity index (χ4v) is 1.57. The first-order chi connectivity index (χ1) is 7.66. The lowest BCUT2D eigenvalue weighted by atomic mass is 10.1. The van der Waals surface area contributed by atoms with Crippen LogP contribution in [0.25, 0.3) is 0 Å². The molecule has 0 saturated carbocycles. The first-order valence-corrected chi connectivity index (χ1v) is 4.97. The van der Waals surface area contributed by atoms with Crippen molar-refractivity contribution in [2.45, 2.75) is 13.5 Å². The molecule has 2 rings (SSSR count). The van der Waals surface area contributed by atoms with E-state index < -0.39 is 5.97 Å². The Morgan fingerprint density at radius 2 is 2.31 bits per heavy atom. The molecule has 0 unspecified atom stereocenters. The second-order valence-electron chi connectivity index (χ2n) is 3.61. The summed E-state index contributed by atoms with van der Waals surface area (Å²) in [6, 6.07) is 6.94. The standard InChI is InChI=1S/C12H12N2O2/c1-9-13-5-6-14(9)8-10-3-2-4-11(7-10)12(15)16/h2-7H,8H2,1H3,(H,15,16). The molecule has 0 radical (unpaired) electrons. The molecule has 1 aromatic carbocycles. The molecule has 0 saturated heterocycles. The summed E-state index contributed by atoms with van der Waals surface area (Å²) in [5.41, 5.74) is 1.27. The second kappa shape index (κ2) is 4.18. The smallest absolute Gasteiger partial charge is 0.335 e. The number of aromatic nitrogens is 2. The fourth-order valence-electron chi connectivity index (χ4n) is 1.57. The lowest BCUT2D eigenvalue weighted by molar-refractivity contribution is 0.0697. The Kier molecular flexibility index (Phi) is 2.72. The van der Waals surface area contributed by atoms with Gasteiger partial charge in [-0.1, -0.05) is 12.1 Å². The molecule has 4 nitrogen and oxygen atoms in total. The van der Waals surface area contributed by atoms with Crippen LogP contribution >= 0.6 is 0 Å². The number of carboxylic acid groups (broad SMARTS) is 1. The molecule has 4 heteroatoms. The van der Waals surface area contributed by atoms with Crippen molar-refractivity contribution in [3.63, 3.8) is 0 Å². The zero-order valence-electron chi connectivity index (χ0n) is 8.92. The number of carboxylic acids is 1. The van der Waals surface area contributed by atoms with Gasteiger partial charge in [0, 0.05) is 18.9 Å². The summed E-state index contributed by atoms with van der Waals surface area (Å²) in [6.45, 7) is 2.56. The van der Waals surface area contributed by atoms with Crippen molar-refractivity contribution in [2.24, 2.45) is 0 Å². The summed E-state index contributed by atoms with van der Waals surface area (Å²) in [4.78, 5) is 14.9. The average Bonchev–Trinajstić information content (AvgIpc) is 2.65. The van der Waals surface area contributed by atoms with E-state index in [4.69, 9.17) is 5.11 Å². The van der Waals surface area contributed by atoms with E-state index >= 15 is 0 Å². The van der Waals surface area contributed by atoms with Crippen LogP contribution in [0.15, 0.2) is 36.7 Å². The lowest BCUT2D eigenvalue weighted by Gasteiger charge is -2.05. The molecule has 1 aromatic heterocycles. The van der Waals surface area contributed by atoms with Crippen LogP contribution in [0.4, 0.5) is 0 Å². The molecule has 16 heavy (non-hydrogen) atoms. The van der Waals surface area contributed by atoms with E-state index in [9.17, 15) is 4.79 Å². The molecule has 82 valence electrons. The maximum absolute atomic E-state index is 10.8. The summed E-state index contributed by atoms with van der Waals surface area (Å²) < 4.78 is 1.97. The Morgan fingerprint density at radius 1 is 1.50 bits per heavy atom. The van der Waals surface area contributed by atoms with Crippen molar-refractivity contribution in [1.29, 1.82) is 0 Å². The van der Waals surface area contributed by atoms with Crippen LogP contribution in [0.3, 0.4) is 0 Å². The second-order valence-corrected chi connectivity index (χ2v) is 3.61. The minimum Gasteiger partial charge on any atom is -0.478 e. The molecular formula is C12H12N2O2. The maximum atomic E-state index is 10.8. The Bertz CT molecular complexity index is 517. The number of imidazole rings is 1. The lowest BCUT2D eigenvalue weighted by Crippen LogP contribution is -2.03. The minimum absolute atomic E-state index is 0.315. The molecule has 0 aliphatic rings. The average molecular weight is 216 g/mol. The molecular weight excluding hydrogens is 204 g/mol. The highest BCUT2D eigenvalue weighted by atomic mass is 16.4. The minimum atomic E-state index is -0.899. The van der Waals surface area contributed by atoms with Crippen LogP contribution < -0.4 is 0 Å². The van der Waals surface area contributed by atoms with Gasteiger partial charge in [0.05, 0.1) is 5.56 Å². The molecule has 0 aliphatic carbocycles. The third kappa shape index (κ3) is 2.11. The maximum Gasteiger partial charge on any atom is 0.335 e. The van der Waals surface area contributed by atoms with Crippen LogP contribution in [0.2, 0.25) is 0 Å². The van der Waals surface area contributed by atoms with E-state index in [-0.39, 0.29) is 0 Å². The number of rotatable bonds is 3. The first-order valence-electron chi connectivity index (χ1n) is 4.97. The number of aryl methyl sites for hydroxylation is 1. The van der Waals surface area contributed by atoms with E-state index in [0.29, 0.717) is 12.1 Å². The number of hydrogen-bond donors (Lipinski definition) is 1. The highest BCUT2D eigenvalue weighted by Gasteiger charge is 2.04. The predicted octanol–water partition coefficient (Wildman–Crippen LogP) is 1.94. The Morgan fingerprint density at radius 3 is 2.94 bits per heavy atom. The molecule has 0 fully saturated rings. The van der Waals surface area contributed by atoms with E-state index in [1.165, 1.54) is 0 Å². The summed E-state index contributed by atoms with van der Waals surface area (Å²) >= 11 is 0. The van der Waals surface area contributed by atoms with Gasteiger partial charge in [-0.05, 0) is 24.6 Å². The van der Waals surface area contributed by atoms with Gasteiger partial charge in [-0.3, -0.25) is 0 Å². The van der Waals surface area contributed by atoms with E-state index in [0.717, 1.165) is 11.4 Å². The Hall–Kier alpha value is -2.10. The zero-order chi connectivity index (χ0) is 11.5. The molecule has 1 N–H and O–H groups in total. The number of hydrogen-bond acceptors (Lipinski definition) is 2. The molecule has 1 heterocycles. The van der Waals surface area contributed by atoms with Crippen LogP contribution in [0.5, 0.6) is 0 Å². The summed E-state index contributed by atoms with van der Waals surface area (Å²) in [7, 11) is 0. The van der Waals surface area contributed by atoms with E-state index in [2.05, 4.69) is 4.98 Å². The van der Waals surface area contributed by atoms with E-state index in [1.807, 2.05) is 23.8 Å². The molecule has 0 bridgehead atoms. The molecule has 0 aliphatic heterocycles. The Labute approximate surface area is 93.2 Å². The van der Waals surface area contributed by atoms with Crippen LogP contribution in [-0.2, 0) is 6.54 Å². The van der Waals surface area contributed by atoms with Crippen molar-refractivity contribution in [3.8, 4) is 0 Å². The zero-order valence-corrected chi connectivity index (χ0v) is 8.92. The number of benzene rings is 1. The largest absolute Gasteiger partial charge is 0.478 e. The van der Waals surface area contributed by atoms with Crippen molar-refractivity contribution < 1.29 is 9.90 Å². The SMILES string of the molecule is Cc1nccn1Cc1cccc(C(=O)O)c1. The highest BCUT2D eigenvalue weighted by molar-refractivity contribution is 5.87. The van der Waals surface area contributed by atoms with Crippen LogP contribution in [0, 0.1) is 6.92 Å². The van der Waals surface area contributed by atoms with Crippen molar-refractivity contribution >= 4 is 5.97 Å². The van der Waals surface area contributed by atoms with Crippen LogP contribution in [0.1, 0.15) is 21.7 Å². The van der Waals surface area contributed by atoms with Gasteiger partial charge in [0.2, 0.25) is 0 Å². The van der Waals surface area contributed by atoms with Gasteiger partial charge >= 0.3 is 5.97 Å². The number of nitrogens with zero attached hydrogens (tertiary/aromatic N) is 2. The van der Waals surface area contributed by atoms with Gasteiger partial charge in [-0.15, -0.1) is 0 Å². The third-order valence-corrected chi connectivity index (χ3v) is 2.45. The van der Waals surface area contributed by atoms with Gasteiger partial charge < -0.3 is 9.67 Å². The number of carbonyl (C=O) groups is 1. The third-order valence-electron chi connectivity index (χ3n) is 2.45. The van der Waals surface area contributed by atoms with Crippen molar-refractivity contribution in [3.05, 3.63) is 53.6 Å². The van der Waals surface area contributed by atoms with Gasteiger partial charge in [-0.25, -0.2) is 9.78 Å². The van der Waals surface area contributed by atoms with Gasteiger partial charge in [0.25, 0.3) is 0 Å². The van der Waals surface area contributed by atoms with Gasteiger partial charge in [0.15, 0.2) is 0 Å². The molecule has 0 amide bonds. The highest BCUT2D eigenvalue weighted by Crippen LogP contribution is 2.08. The Balaban J connectivity index is 2.25. The molecule has 2 aromatic rings. The summed E-state index contributed by atoms with van der Waals surface area (Å²) in [5, 5.41) is 8.87. The predicted molar refractivity (Wildman–Crippen MR) is 59.5 cm³/mol. The van der Waals surface area contributed by atoms with Gasteiger partial charge in [0.1, 0.15) is 5.82 Å². The summed E-state index contributed by atoms with van der Waals surface area (Å²) in [6.07, 6.45) is 3.61. The normalized spacial score (nSPS) is 10.3. The van der Waals surface area contributed by atoms with E-state index in [1.54, 1.807) is 24.4 Å². The monoisotopic (exact) mass is 216 g/mol.